The molecule has 0 aliphatic heterocycles. The molecule has 3 aromatic rings. The number of rotatable bonds is 4. The zero-order valence-corrected chi connectivity index (χ0v) is 12.5. The number of halogens is 1. The lowest BCUT2D eigenvalue weighted by Crippen LogP contribution is -2.24. The SMILES string of the molecule is Cc1ccccc1C(=O)NCc1nc(-c2ccc(F)cc2)n[nH]1. The van der Waals surface area contributed by atoms with Crippen LogP contribution in [0.15, 0.2) is 48.5 Å². The van der Waals surface area contributed by atoms with Gasteiger partial charge in [-0.2, -0.15) is 5.10 Å². The van der Waals surface area contributed by atoms with Gasteiger partial charge in [-0.1, -0.05) is 18.2 Å². The maximum absolute atomic E-state index is 12.9. The van der Waals surface area contributed by atoms with Crippen LogP contribution in [0.4, 0.5) is 4.39 Å². The summed E-state index contributed by atoms with van der Waals surface area (Å²) in [7, 11) is 0. The molecule has 2 N–H and O–H groups in total. The van der Waals surface area contributed by atoms with Crippen LogP contribution in [0.25, 0.3) is 11.4 Å². The van der Waals surface area contributed by atoms with Crippen molar-refractivity contribution >= 4 is 5.91 Å². The topological polar surface area (TPSA) is 70.7 Å². The molecular formula is C17H15FN4O. The van der Waals surface area contributed by atoms with Crippen LogP contribution in [0.1, 0.15) is 21.7 Å². The second kappa shape index (κ2) is 6.39. The van der Waals surface area contributed by atoms with E-state index >= 15 is 0 Å². The van der Waals surface area contributed by atoms with E-state index in [2.05, 4.69) is 20.5 Å². The highest BCUT2D eigenvalue weighted by atomic mass is 19.1. The third-order valence-electron chi connectivity index (χ3n) is 3.44. The van der Waals surface area contributed by atoms with E-state index < -0.39 is 0 Å². The number of aromatic nitrogens is 3. The van der Waals surface area contributed by atoms with Gasteiger partial charge in [0, 0.05) is 11.1 Å². The molecule has 0 unspecified atom stereocenters. The Kier molecular flexibility index (Phi) is 4.14. The summed E-state index contributed by atoms with van der Waals surface area (Å²) >= 11 is 0. The lowest BCUT2D eigenvalue weighted by Gasteiger charge is -2.05. The van der Waals surface area contributed by atoms with Gasteiger partial charge in [0.05, 0.1) is 6.54 Å². The van der Waals surface area contributed by atoms with E-state index in [0.29, 0.717) is 22.8 Å². The maximum atomic E-state index is 12.9. The Labute approximate surface area is 132 Å². The average Bonchev–Trinajstić information content (AvgIpc) is 3.03. The maximum Gasteiger partial charge on any atom is 0.251 e. The monoisotopic (exact) mass is 310 g/mol. The third-order valence-corrected chi connectivity index (χ3v) is 3.44. The number of carbonyl (C=O) groups excluding carboxylic acids is 1. The molecule has 1 amide bonds. The highest BCUT2D eigenvalue weighted by Gasteiger charge is 2.10. The summed E-state index contributed by atoms with van der Waals surface area (Å²) in [5, 5.41) is 9.64. The first-order chi connectivity index (χ1) is 11.1. The fourth-order valence-electron chi connectivity index (χ4n) is 2.19. The molecule has 0 bridgehead atoms. The van der Waals surface area contributed by atoms with E-state index in [0.717, 1.165) is 5.56 Å². The van der Waals surface area contributed by atoms with Gasteiger partial charge in [-0.05, 0) is 42.8 Å². The van der Waals surface area contributed by atoms with Gasteiger partial charge in [0.15, 0.2) is 5.82 Å². The fraction of sp³-hybridized carbons (Fsp3) is 0.118. The molecule has 3 rings (SSSR count). The minimum atomic E-state index is -0.310. The van der Waals surface area contributed by atoms with Gasteiger partial charge < -0.3 is 5.32 Å². The zero-order valence-electron chi connectivity index (χ0n) is 12.5. The van der Waals surface area contributed by atoms with Crippen molar-refractivity contribution in [1.29, 1.82) is 0 Å². The van der Waals surface area contributed by atoms with Gasteiger partial charge in [0.1, 0.15) is 11.6 Å². The number of H-pyrrole nitrogens is 1. The summed E-state index contributed by atoms with van der Waals surface area (Å²) in [6.45, 7) is 2.12. The van der Waals surface area contributed by atoms with Crippen LogP contribution in [0.5, 0.6) is 0 Å². The van der Waals surface area contributed by atoms with Gasteiger partial charge in [-0.3, -0.25) is 9.89 Å². The smallest absolute Gasteiger partial charge is 0.251 e. The summed E-state index contributed by atoms with van der Waals surface area (Å²) in [6.07, 6.45) is 0. The van der Waals surface area contributed by atoms with E-state index in [-0.39, 0.29) is 18.3 Å². The summed E-state index contributed by atoms with van der Waals surface area (Å²) in [5.41, 5.74) is 2.25. The quantitative estimate of drug-likeness (QED) is 0.778. The number of amides is 1. The zero-order chi connectivity index (χ0) is 16.2. The van der Waals surface area contributed by atoms with Gasteiger partial charge in [-0.25, -0.2) is 9.37 Å². The van der Waals surface area contributed by atoms with E-state index in [4.69, 9.17) is 0 Å². The molecule has 116 valence electrons. The number of hydrogen-bond acceptors (Lipinski definition) is 3. The molecule has 0 fully saturated rings. The Balaban J connectivity index is 1.67. The Bertz CT molecular complexity index is 827. The van der Waals surface area contributed by atoms with Gasteiger partial charge >= 0.3 is 0 Å². The Morgan fingerprint density at radius 2 is 1.91 bits per heavy atom. The predicted molar refractivity (Wildman–Crippen MR) is 84.1 cm³/mol. The van der Waals surface area contributed by atoms with E-state index in [1.165, 1.54) is 12.1 Å². The summed E-state index contributed by atoms with van der Waals surface area (Å²) in [6, 6.07) is 13.3. The summed E-state index contributed by atoms with van der Waals surface area (Å²) in [5.74, 6) is 0.522. The van der Waals surface area contributed by atoms with Crippen molar-refractivity contribution in [2.24, 2.45) is 0 Å². The summed E-state index contributed by atoms with van der Waals surface area (Å²) in [4.78, 5) is 16.4. The highest BCUT2D eigenvalue weighted by Crippen LogP contribution is 2.15. The van der Waals surface area contributed by atoms with Crippen molar-refractivity contribution in [2.45, 2.75) is 13.5 Å². The largest absolute Gasteiger partial charge is 0.345 e. The van der Waals surface area contributed by atoms with Crippen LogP contribution in [0, 0.1) is 12.7 Å². The van der Waals surface area contributed by atoms with Crippen LogP contribution >= 0.6 is 0 Å². The minimum Gasteiger partial charge on any atom is -0.345 e. The molecule has 0 aliphatic carbocycles. The summed E-state index contributed by atoms with van der Waals surface area (Å²) < 4.78 is 12.9. The highest BCUT2D eigenvalue weighted by molar-refractivity contribution is 5.95. The van der Waals surface area contributed by atoms with Gasteiger partial charge in [-0.15, -0.1) is 0 Å². The van der Waals surface area contributed by atoms with Gasteiger partial charge in [0.2, 0.25) is 0 Å². The molecule has 1 heterocycles. The van der Waals surface area contributed by atoms with Crippen molar-refractivity contribution in [3.63, 3.8) is 0 Å². The number of benzene rings is 2. The van der Waals surface area contributed by atoms with Crippen LogP contribution in [-0.4, -0.2) is 21.1 Å². The molecule has 0 atom stereocenters. The van der Waals surface area contributed by atoms with Crippen molar-refractivity contribution in [1.82, 2.24) is 20.5 Å². The number of carbonyl (C=O) groups is 1. The number of hydrogen-bond donors (Lipinski definition) is 2. The predicted octanol–water partition coefficient (Wildman–Crippen LogP) is 2.85. The van der Waals surface area contributed by atoms with Crippen LogP contribution in [0.3, 0.4) is 0 Å². The molecular weight excluding hydrogens is 295 g/mol. The Morgan fingerprint density at radius 1 is 1.17 bits per heavy atom. The molecule has 0 saturated carbocycles. The van der Waals surface area contributed by atoms with Crippen LogP contribution in [-0.2, 0) is 6.54 Å². The third kappa shape index (κ3) is 3.42. The number of nitrogens with one attached hydrogen (secondary N) is 2. The van der Waals surface area contributed by atoms with Crippen molar-refractivity contribution in [3.05, 3.63) is 71.3 Å². The van der Waals surface area contributed by atoms with Crippen LogP contribution in [0.2, 0.25) is 0 Å². The van der Waals surface area contributed by atoms with Gasteiger partial charge in [0.25, 0.3) is 5.91 Å². The van der Waals surface area contributed by atoms with Crippen LogP contribution < -0.4 is 5.32 Å². The number of nitrogens with zero attached hydrogens (tertiary/aromatic N) is 2. The second-order valence-electron chi connectivity index (χ2n) is 5.11. The lowest BCUT2D eigenvalue weighted by molar-refractivity contribution is 0.0949. The standard InChI is InChI=1S/C17H15FN4O/c1-11-4-2-3-5-14(11)17(23)19-10-15-20-16(22-21-15)12-6-8-13(18)9-7-12/h2-9H,10H2,1H3,(H,19,23)(H,20,21,22). The molecule has 0 aliphatic rings. The molecule has 5 nitrogen and oxygen atoms in total. The molecule has 23 heavy (non-hydrogen) atoms. The molecule has 1 aromatic heterocycles. The normalized spacial score (nSPS) is 10.5. The molecule has 0 saturated heterocycles. The second-order valence-corrected chi connectivity index (χ2v) is 5.11. The number of aryl methyl sites for hydroxylation is 1. The van der Waals surface area contributed by atoms with Crippen molar-refractivity contribution in [3.8, 4) is 11.4 Å². The first-order valence-corrected chi connectivity index (χ1v) is 7.14. The van der Waals surface area contributed by atoms with E-state index in [1.807, 2.05) is 25.1 Å². The average molecular weight is 310 g/mol. The first kappa shape index (κ1) is 14.9. The minimum absolute atomic E-state index is 0.164. The van der Waals surface area contributed by atoms with Crippen molar-refractivity contribution < 1.29 is 9.18 Å². The number of aromatic amines is 1. The fourth-order valence-corrected chi connectivity index (χ4v) is 2.19. The van der Waals surface area contributed by atoms with Crippen molar-refractivity contribution in [2.75, 3.05) is 0 Å². The van der Waals surface area contributed by atoms with E-state index in [9.17, 15) is 9.18 Å². The Hall–Kier alpha value is -3.02. The molecule has 6 heteroatoms. The Morgan fingerprint density at radius 3 is 2.65 bits per heavy atom. The van der Waals surface area contributed by atoms with E-state index in [1.54, 1.807) is 18.2 Å². The lowest BCUT2D eigenvalue weighted by atomic mass is 10.1. The molecule has 0 radical (unpaired) electrons. The molecule has 2 aromatic carbocycles. The first-order valence-electron chi connectivity index (χ1n) is 7.14. The molecule has 0 spiro atoms.